The van der Waals surface area contributed by atoms with E-state index >= 15 is 0 Å². The van der Waals surface area contributed by atoms with Crippen LogP contribution in [0.2, 0.25) is 0 Å². The Morgan fingerprint density at radius 3 is 2.64 bits per heavy atom. The molecule has 4 rings (SSSR count). The number of anilines is 1. The minimum atomic E-state index is -0.563. The van der Waals surface area contributed by atoms with Gasteiger partial charge in [0.15, 0.2) is 5.82 Å². The van der Waals surface area contributed by atoms with E-state index in [9.17, 15) is 4.39 Å². The molecule has 0 bridgehead atoms. The van der Waals surface area contributed by atoms with Gasteiger partial charge in [-0.2, -0.15) is 9.49 Å². The van der Waals surface area contributed by atoms with Crippen molar-refractivity contribution in [1.29, 1.82) is 0 Å². The second-order valence-corrected chi connectivity index (χ2v) is 7.53. The smallest absolute Gasteiger partial charge is 0.221 e. The van der Waals surface area contributed by atoms with Crippen LogP contribution in [0.25, 0.3) is 22.5 Å². The van der Waals surface area contributed by atoms with Gasteiger partial charge in [-0.15, -0.1) is 10.2 Å². The monoisotopic (exact) mass is 381 g/mol. The second kappa shape index (κ2) is 7.63. The van der Waals surface area contributed by atoms with Crippen LogP contribution >= 0.6 is 0 Å². The number of aromatic nitrogens is 5. The molecule has 1 aliphatic rings. The van der Waals surface area contributed by atoms with E-state index in [1.807, 2.05) is 19.2 Å². The number of pyridine rings is 1. The quantitative estimate of drug-likeness (QED) is 0.675. The van der Waals surface area contributed by atoms with Gasteiger partial charge < -0.3 is 10.6 Å². The number of halogens is 1. The molecule has 8 heteroatoms. The summed E-state index contributed by atoms with van der Waals surface area (Å²) in [4.78, 5) is 6.19. The molecule has 0 amide bonds. The standard InChI is InChI=1S/C20H24FN7/c1-12-3-4-14(22)9-18(12)28(2)19-8-7-17(26-27-19)16-6-5-15(20(21)25-16)13-10-23-24-11-13/h5-8,10-12,14,18H,3-4,9,22H2,1-2H3,(H,23,24). The molecule has 0 spiro atoms. The maximum Gasteiger partial charge on any atom is 0.221 e. The Morgan fingerprint density at radius 2 is 1.96 bits per heavy atom. The van der Waals surface area contributed by atoms with Crippen molar-refractivity contribution in [3.05, 3.63) is 42.6 Å². The first kappa shape index (κ1) is 18.5. The molecular formula is C20H24FN7. The lowest BCUT2D eigenvalue weighted by molar-refractivity contribution is 0.292. The van der Waals surface area contributed by atoms with Crippen molar-refractivity contribution in [1.82, 2.24) is 25.4 Å². The van der Waals surface area contributed by atoms with E-state index in [0.29, 0.717) is 34.5 Å². The maximum absolute atomic E-state index is 14.4. The number of aromatic amines is 1. The van der Waals surface area contributed by atoms with E-state index in [0.717, 1.165) is 25.1 Å². The van der Waals surface area contributed by atoms with Gasteiger partial charge in [-0.1, -0.05) is 6.92 Å². The van der Waals surface area contributed by atoms with Crippen LogP contribution in [0.15, 0.2) is 36.7 Å². The Hall–Kier alpha value is -2.87. The zero-order chi connectivity index (χ0) is 19.7. The number of nitrogens with one attached hydrogen (secondary N) is 1. The van der Waals surface area contributed by atoms with Gasteiger partial charge >= 0.3 is 0 Å². The summed E-state index contributed by atoms with van der Waals surface area (Å²) in [5.41, 5.74) is 8.17. The highest BCUT2D eigenvalue weighted by Crippen LogP contribution is 2.30. The van der Waals surface area contributed by atoms with Crippen LogP contribution in [0.3, 0.4) is 0 Å². The van der Waals surface area contributed by atoms with Crippen molar-refractivity contribution in [2.45, 2.75) is 38.3 Å². The molecule has 1 aliphatic carbocycles. The van der Waals surface area contributed by atoms with E-state index < -0.39 is 5.95 Å². The molecular weight excluding hydrogens is 357 g/mol. The molecule has 0 aromatic carbocycles. The molecule has 1 saturated carbocycles. The predicted octanol–water partition coefficient (Wildman–Crippen LogP) is 3.02. The largest absolute Gasteiger partial charge is 0.355 e. The Kier molecular flexibility index (Phi) is 5.04. The highest BCUT2D eigenvalue weighted by molar-refractivity contribution is 5.65. The maximum atomic E-state index is 14.4. The van der Waals surface area contributed by atoms with Crippen LogP contribution in [0, 0.1) is 11.9 Å². The predicted molar refractivity (Wildman–Crippen MR) is 106 cm³/mol. The Balaban J connectivity index is 1.54. The van der Waals surface area contributed by atoms with Crippen LogP contribution in [-0.2, 0) is 0 Å². The molecule has 3 heterocycles. The van der Waals surface area contributed by atoms with Crippen LogP contribution in [0.4, 0.5) is 10.2 Å². The van der Waals surface area contributed by atoms with Crippen molar-refractivity contribution >= 4 is 5.82 Å². The highest BCUT2D eigenvalue weighted by Gasteiger charge is 2.29. The number of H-pyrrole nitrogens is 1. The van der Waals surface area contributed by atoms with E-state index in [2.05, 4.69) is 37.2 Å². The molecule has 0 radical (unpaired) electrons. The summed E-state index contributed by atoms with van der Waals surface area (Å²) in [6, 6.07) is 7.71. The van der Waals surface area contributed by atoms with Crippen molar-refractivity contribution < 1.29 is 4.39 Å². The summed E-state index contributed by atoms with van der Waals surface area (Å²) >= 11 is 0. The molecule has 3 aromatic heterocycles. The Bertz CT molecular complexity index is 926. The average molecular weight is 381 g/mol. The molecule has 146 valence electrons. The molecule has 0 saturated heterocycles. The van der Waals surface area contributed by atoms with Gasteiger partial charge in [0.25, 0.3) is 0 Å². The molecule has 28 heavy (non-hydrogen) atoms. The van der Waals surface area contributed by atoms with Crippen LogP contribution in [-0.4, -0.2) is 44.5 Å². The normalized spacial score (nSPS) is 22.2. The van der Waals surface area contributed by atoms with E-state index in [1.54, 1.807) is 24.5 Å². The third-order valence-electron chi connectivity index (χ3n) is 5.62. The van der Waals surface area contributed by atoms with Gasteiger partial charge in [0.2, 0.25) is 5.95 Å². The third kappa shape index (κ3) is 3.60. The summed E-state index contributed by atoms with van der Waals surface area (Å²) in [6.45, 7) is 2.25. The molecule has 3 aromatic rings. The van der Waals surface area contributed by atoms with Gasteiger partial charge in [0.05, 0.1) is 11.9 Å². The Labute approximate surface area is 163 Å². The molecule has 1 fully saturated rings. The molecule has 3 unspecified atom stereocenters. The van der Waals surface area contributed by atoms with Gasteiger partial charge in [-0.05, 0) is 49.4 Å². The minimum absolute atomic E-state index is 0.233. The van der Waals surface area contributed by atoms with E-state index in [-0.39, 0.29) is 6.04 Å². The summed E-state index contributed by atoms with van der Waals surface area (Å²) in [5, 5.41) is 15.1. The second-order valence-electron chi connectivity index (χ2n) is 7.53. The summed E-state index contributed by atoms with van der Waals surface area (Å²) in [7, 11) is 2.03. The van der Waals surface area contributed by atoms with E-state index in [1.165, 1.54) is 0 Å². The molecule has 3 N–H and O–H groups in total. The number of nitrogens with two attached hydrogens (primary N) is 1. The lowest BCUT2D eigenvalue weighted by atomic mass is 9.82. The SMILES string of the molecule is CC1CCC(N)CC1N(C)c1ccc(-c2ccc(-c3cn[nH]c3)c(F)n2)nn1. The first-order valence-corrected chi connectivity index (χ1v) is 9.51. The Morgan fingerprint density at radius 1 is 1.14 bits per heavy atom. The lowest BCUT2D eigenvalue weighted by Crippen LogP contribution is -2.45. The summed E-state index contributed by atoms with van der Waals surface area (Å²) < 4.78 is 14.4. The first-order valence-electron chi connectivity index (χ1n) is 9.51. The van der Waals surface area contributed by atoms with Crippen molar-refractivity contribution in [3.63, 3.8) is 0 Å². The topological polar surface area (TPSA) is 96.6 Å². The zero-order valence-electron chi connectivity index (χ0n) is 16.0. The summed E-state index contributed by atoms with van der Waals surface area (Å²) in [5.74, 6) is 0.773. The average Bonchev–Trinajstić information content (AvgIpc) is 3.24. The van der Waals surface area contributed by atoms with Crippen LogP contribution in [0.5, 0.6) is 0 Å². The fourth-order valence-electron chi connectivity index (χ4n) is 3.88. The first-order chi connectivity index (χ1) is 13.5. The van der Waals surface area contributed by atoms with Crippen LogP contribution < -0.4 is 10.6 Å². The van der Waals surface area contributed by atoms with Crippen molar-refractivity contribution in [2.24, 2.45) is 11.7 Å². The van der Waals surface area contributed by atoms with Crippen LogP contribution in [0.1, 0.15) is 26.2 Å². The van der Waals surface area contributed by atoms with Gasteiger partial charge in [0.1, 0.15) is 5.69 Å². The number of hydrogen-bond donors (Lipinski definition) is 2. The van der Waals surface area contributed by atoms with Crippen molar-refractivity contribution in [3.8, 4) is 22.5 Å². The highest BCUT2D eigenvalue weighted by atomic mass is 19.1. The number of nitrogens with zero attached hydrogens (tertiary/aromatic N) is 5. The number of hydrogen-bond acceptors (Lipinski definition) is 6. The fourth-order valence-corrected chi connectivity index (χ4v) is 3.88. The molecule has 3 atom stereocenters. The van der Waals surface area contributed by atoms with Gasteiger partial charge in [-0.3, -0.25) is 5.10 Å². The zero-order valence-corrected chi connectivity index (χ0v) is 16.0. The minimum Gasteiger partial charge on any atom is -0.355 e. The number of rotatable bonds is 4. The fraction of sp³-hybridized carbons (Fsp3) is 0.400. The van der Waals surface area contributed by atoms with Gasteiger partial charge in [0, 0.05) is 36.5 Å². The van der Waals surface area contributed by atoms with Gasteiger partial charge in [-0.25, -0.2) is 4.98 Å². The molecule has 7 nitrogen and oxygen atoms in total. The van der Waals surface area contributed by atoms with E-state index in [4.69, 9.17) is 5.73 Å². The molecule has 0 aliphatic heterocycles. The summed E-state index contributed by atoms with van der Waals surface area (Å²) in [6.07, 6.45) is 6.32. The van der Waals surface area contributed by atoms with Crippen molar-refractivity contribution in [2.75, 3.05) is 11.9 Å². The third-order valence-corrected chi connectivity index (χ3v) is 5.62. The lowest BCUT2D eigenvalue weighted by Gasteiger charge is -2.39.